The number of carbonyl (C=O) groups is 2. The summed E-state index contributed by atoms with van der Waals surface area (Å²) in [5.74, 6) is 0.116. The van der Waals surface area contributed by atoms with Crippen LogP contribution in [0.15, 0.2) is 133 Å². The lowest BCUT2D eigenvalue weighted by molar-refractivity contribution is -0.0822. The zero-order valence-electron chi connectivity index (χ0n) is 46.7. The molecule has 6 aromatic rings. The van der Waals surface area contributed by atoms with Crippen molar-refractivity contribution in [1.29, 1.82) is 0 Å². The molecule has 9 heteroatoms. The quantitative estimate of drug-likeness (QED) is 0.0626. The van der Waals surface area contributed by atoms with Crippen molar-refractivity contribution in [3.63, 3.8) is 0 Å². The summed E-state index contributed by atoms with van der Waals surface area (Å²) in [4.78, 5) is 35.0. The van der Waals surface area contributed by atoms with E-state index in [0.717, 1.165) is 50.9 Å². The van der Waals surface area contributed by atoms with Crippen LogP contribution in [0.1, 0.15) is 141 Å². The van der Waals surface area contributed by atoms with Gasteiger partial charge in [0.15, 0.2) is 0 Å². The number of aryl methyl sites for hydroxylation is 4. The van der Waals surface area contributed by atoms with Crippen molar-refractivity contribution in [2.45, 2.75) is 160 Å². The van der Waals surface area contributed by atoms with E-state index < -0.39 is 19.9 Å². The lowest BCUT2D eigenvalue weighted by Crippen LogP contribution is -2.53. The van der Waals surface area contributed by atoms with E-state index in [1.54, 1.807) is 0 Å². The molecular formula is C64H82N2O5P2. The van der Waals surface area contributed by atoms with E-state index in [1.165, 1.54) is 0 Å². The van der Waals surface area contributed by atoms with Crippen LogP contribution in [0, 0.1) is 47.5 Å². The van der Waals surface area contributed by atoms with Gasteiger partial charge in [0.25, 0.3) is 0 Å². The Bertz CT molecular complexity index is 2900. The number of nitrogens with zero attached hydrogens (tertiary/aromatic N) is 2. The fraction of sp³-hybridized carbons (Fsp3) is 0.406. The van der Waals surface area contributed by atoms with Gasteiger partial charge in [-0.2, -0.15) is 0 Å². The first-order valence-corrected chi connectivity index (χ1v) is 29.6. The van der Waals surface area contributed by atoms with E-state index in [2.05, 4.69) is 105 Å². The number of hydrogen-bond donors (Lipinski definition) is 0. The minimum absolute atomic E-state index is 0.116. The first-order chi connectivity index (χ1) is 34.3. The minimum atomic E-state index is -3.72. The van der Waals surface area contributed by atoms with Crippen molar-refractivity contribution in [1.82, 2.24) is 9.80 Å². The molecule has 73 heavy (non-hydrogen) atoms. The predicted octanol–water partition coefficient (Wildman–Crippen LogP) is 14.0. The number of rotatable bonds is 22. The third kappa shape index (κ3) is 11.9. The normalized spacial score (nSPS) is 13.5. The molecule has 0 aliphatic rings. The first kappa shape index (κ1) is 57.3. The van der Waals surface area contributed by atoms with E-state index in [0.29, 0.717) is 52.0 Å². The maximum Gasteiger partial charge on any atom is 0.230 e. The monoisotopic (exact) mass is 1020 g/mol. The highest BCUT2D eigenvalue weighted by Gasteiger charge is 2.42. The molecule has 0 fully saturated rings. The Hall–Kier alpha value is -5.00. The van der Waals surface area contributed by atoms with E-state index in [9.17, 15) is 4.79 Å². The summed E-state index contributed by atoms with van der Waals surface area (Å²) in [6, 6.07) is 41.5. The molecule has 2 atom stereocenters. The maximum atomic E-state index is 15.4. The van der Waals surface area contributed by atoms with Crippen LogP contribution in [0.25, 0.3) is 0 Å². The van der Waals surface area contributed by atoms with Crippen molar-refractivity contribution < 1.29 is 23.5 Å². The van der Waals surface area contributed by atoms with Crippen molar-refractivity contribution >= 4 is 46.6 Å². The van der Waals surface area contributed by atoms with Gasteiger partial charge >= 0.3 is 0 Å². The molecule has 0 saturated carbocycles. The highest BCUT2D eigenvalue weighted by Crippen LogP contribution is 2.50. The Balaban J connectivity index is 1.21. The zero-order valence-corrected chi connectivity index (χ0v) is 48.5. The van der Waals surface area contributed by atoms with Crippen LogP contribution in [0.3, 0.4) is 0 Å². The second-order valence-electron chi connectivity index (χ2n) is 22.3. The van der Waals surface area contributed by atoms with E-state index in [4.69, 9.17) is 4.74 Å². The Morgan fingerprint density at radius 1 is 0.507 bits per heavy atom. The van der Waals surface area contributed by atoms with Gasteiger partial charge in [0.05, 0.1) is 12.2 Å². The number of ether oxygens (including phenoxy) is 1. The van der Waals surface area contributed by atoms with E-state index in [1.807, 2.05) is 149 Å². The standard InChI is InChI=1S/C64H82N2O5P2/c1-43(2)65(40-57-45(5)37-47(7)59(51(57)11)61(67)72(69,53-29-21-17-22-30-53)54-31-23-18-24-32-54)50(10)39-63(13,14)71-42-49(9)64(15,16)66(44(3)4)41-58-46(6)38-48(8)60(52(58)12)62(68)73(70,55-33-25-19-26-34-55)56-35-27-20-28-36-56/h17-38,43-44,49-50H,39-42H2,1-16H3. The van der Waals surface area contributed by atoms with Crippen molar-refractivity contribution in [2.75, 3.05) is 6.61 Å². The van der Waals surface area contributed by atoms with Crippen LogP contribution in [-0.2, 0) is 27.0 Å². The highest BCUT2D eigenvalue weighted by atomic mass is 31.2. The largest absolute Gasteiger partial charge is 0.375 e. The summed E-state index contributed by atoms with van der Waals surface area (Å²) in [6.45, 7) is 36.4. The summed E-state index contributed by atoms with van der Waals surface area (Å²) in [6.07, 6.45) is 0.771. The first-order valence-electron chi connectivity index (χ1n) is 26.2. The molecular weight excluding hydrogens is 939 g/mol. The van der Waals surface area contributed by atoms with Gasteiger partial charge < -0.3 is 13.9 Å². The predicted molar refractivity (Wildman–Crippen MR) is 308 cm³/mol. The highest BCUT2D eigenvalue weighted by molar-refractivity contribution is 7.94. The van der Waals surface area contributed by atoms with Crippen LogP contribution >= 0.6 is 14.3 Å². The van der Waals surface area contributed by atoms with E-state index in [-0.39, 0.29) is 40.6 Å². The molecule has 0 bridgehead atoms. The summed E-state index contributed by atoms with van der Waals surface area (Å²) >= 11 is 0. The average molecular weight is 1020 g/mol. The van der Waals surface area contributed by atoms with Crippen molar-refractivity contribution in [3.8, 4) is 0 Å². The van der Waals surface area contributed by atoms with Crippen LogP contribution in [0.4, 0.5) is 0 Å². The molecule has 7 nitrogen and oxygen atoms in total. The molecule has 0 saturated heterocycles. The lowest BCUT2D eigenvalue weighted by atomic mass is 9.84. The molecule has 6 aromatic carbocycles. The molecule has 0 radical (unpaired) electrons. The fourth-order valence-electron chi connectivity index (χ4n) is 11.2. The van der Waals surface area contributed by atoms with Gasteiger partial charge in [-0.1, -0.05) is 140 Å². The molecule has 6 rings (SSSR count). The fourth-order valence-corrected chi connectivity index (χ4v) is 16.4. The molecule has 0 aliphatic heterocycles. The van der Waals surface area contributed by atoms with Crippen molar-refractivity contribution in [2.24, 2.45) is 5.92 Å². The summed E-state index contributed by atoms with van der Waals surface area (Å²) in [5, 5.41) is 2.15. The molecule has 0 amide bonds. The third-order valence-corrected chi connectivity index (χ3v) is 21.4. The van der Waals surface area contributed by atoms with Crippen LogP contribution in [0.2, 0.25) is 0 Å². The van der Waals surface area contributed by atoms with Gasteiger partial charge in [-0.25, -0.2) is 0 Å². The van der Waals surface area contributed by atoms with Gasteiger partial charge in [0.1, 0.15) is 0 Å². The van der Waals surface area contributed by atoms with Crippen LogP contribution < -0.4 is 21.2 Å². The van der Waals surface area contributed by atoms with Gasteiger partial charge in [-0.3, -0.25) is 19.4 Å². The van der Waals surface area contributed by atoms with Gasteiger partial charge in [0, 0.05) is 69.1 Å². The number of benzene rings is 6. The van der Waals surface area contributed by atoms with Gasteiger partial charge in [-0.15, -0.1) is 0 Å². The molecule has 0 heterocycles. The summed E-state index contributed by atoms with van der Waals surface area (Å²) in [7, 11) is -7.44. The smallest absolute Gasteiger partial charge is 0.230 e. The Labute approximate surface area is 438 Å². The Morgan fingerprint density at radius 3 is 1.18 bits per heavy atom. The van der Waals surface area contributed by atoms with E-state index >= 15 is 13.9 Å². The topological polar surface area (TPSA) is 84.0 Å². The number of carbonyl (C=O) groups excluding carboxylic acids is 2. The second-order valence-corrected chi connectivity index (χ2v) is 27.6. The Kier molecular flexibility index (Phi) is 18.3. The molecule has 0 spiro atoms. The molecule has 388 valence electrons. The summed E-state index contributed by atoms with van der Waals surface area (Å²) in [5.41, 5.74) is 7.44. The van der Waals surface area contributed by atoms with Crippen LogP contribution in [0.5, 0.6) is 0 Å². The van der Waals surface area contributed by atoms with Gasteiger partial charge in [-0.05, 0) is 161 Å². The average Bonchev–Trinajstić information content (AvgIpc) is 3.35. The maximum absolute atomic E-state index is 15.4. The molecule has 0 aliphatic carbocycles. The molecule has 0 N–H and O–H groups in total. The van der Waals surface area contributed by atoms with Gasteiger partial charge in [0.2, 0.25) is 25.3 Å². The second kappa shape index (κ2) is 23.3. The van der Waals surface area contributed by atoms with Crippen molar-refractivity contribution in [3.05, 3.63) is 189 Å². The Morgan fingerprint density at radius 2 is 0.849 bits per heavy atom. The zero-order chi connectivity index (χ0) is 53.8. The SMILES string of the molecule is Cc1cc(C)c(C(=O)P(=O)(c2ccccc2)c2ccccc2)c(C)c1CN(C(C)C)C(C)CC(C)(C)OCC(C)C(C)(C)N(Cc1c(C)cc(C)c(C(=O)P(=O)(c2ccccc2)c2ccccc2)c1C)C(C)C. The summed E-state index contributed by atoms with van der Waals surface area (Å²) < 4.78 is 37.7. The lowest BCUT2D eigenvalue weighted by Gasteiger charge is -2.47. The molecule has 0 aromatic heterocycles. The molecule has 2 unspecified atom stereocenters. The minimum Gasteiger partial charge on any atom is -0.375 e. The van der Waals surface area contributed by atoms with Crippen LogP contribution in [-0.4, -0.2) is 56.7 Å². The third-order valence-electron chi connectivity index (χ3n) is 15.7. The number of hydrogen-bond acceptors (Lipinski definition) is 7.